The lowest BCUT2D eigenvalue weighted by molar-refractivity contribution is 0.0949. The van der Waals surface area contributed by atoms with Crippen molar-refractivity contribution in [3.05, 3.63) is 83.1 Å². The van der Waals surface area contributed by atoms with Crippen molar-refractivity contribution in [1.82, 2.24) is 20.1 Å². The molecule has 1 fully saturated rings. The summed E-state index contributed by atoms with van der Waals surface area (Å²) in [4.78, 5) is 18.0. The van der Waals surface area contributed by atoms with E-state index in [1.165, 1.54) is 0 Å². The van der Waals surface area contributed by atoms with E-state index >= 15 is 0 Å². The third-order valence-electron chi connectivity index (χ3n) is 5.32. The first kappa shape index (κ1) is 17.7. The second-order valence-electron chi connectivity index (χ2n) is 7.56. The Morgan fingerprint density at radius 3 is 2.76 bits per heavy atom. The molecule has 1 aliphatic rings. The normalized spacial score (nSPS) is 13.7. The van der Waals surface area contributed by atoms with E-state index in [1.54, 1.807) is 6.26 Å². The first-order valence-electron chi connectivity index (χ1n) is 9.91. The van der Waals surface area contributed by atoms with Crippen LogP contribution in [-0.4, -0.2) is 20.7 Å². The first-order valence-corrected chi connectivity index (χ1v) is 9.91. The molecule has 0 aliphatic heterocycles. The molecule has 6 heteroatoms. The van der Waals surface area contributed by atoms with Crippen LogP contribution in [0.2, 0.25) is 0 Å². The molecule has 0 spiro atoms. The molecule has 0 atom stereocenters. The number of amides is 1. The Bertz CT molecular complexity index is 1160. The maximum Gasteiger partial charge on any atom is 0.252 e. The second-order valence-corrected chi connectivity index (χ2v) is 7.56. The number of aryl methyl sites for hydroxylation is 1. The number of carbonyl (C=O) groups is 1. The molecular weight excluding hydrogens is 364 g/mol. The van der Waals surface area contributed by atoms with Crippen LogP contribution in [0, 0.1) is 6.92 Å². The average Bonchev–Trinajstić information content (AvgIpc) is 3.37. The van der Waals surface area contributed by atoms with Gasteiger partial charge < -0.3 is 9.73 Å². The zero-order valence-corrected chi connectivity index (χ0v) is 16.3. The Morgan fingerprint density at radius 1 is 1.21 bits per heavy atom. The molecule has 5 rings (SSSR count). The molecule has 1 N–H and O–H groups in total. The van der Waals surface area contributed by atoms with E-state index < -0.39 is 0 Å². The highest BCUT2D eigenvalue weighted by molar-refractivity contribution is 6.06. The third kappa shape index (κ3) is 3.53. The van der Waals surface area contributed by atoms with Gasteiger partial charge in [0.1, 0.15) is 5.76 Å². The van der Waals surface area contributed by atoms with Crippen LogP contribution in [-0.2, 0) is 13.1 Å². The highest BCUT2D eigenvalue weighted by atomic mass is 16.3. The van der Waals surface area contributed by atoms with Gasteiger partial charge >= 0.3 is 0 Å². The minimum Gasteiger partial charge on any atom is -0.467 e. The first-order chi connectivity index (χ1) is 14.2. The van der Waals surface area contributed by atoms with Crippen molar-refractivity contribution in [2.24, 2.45) is 0 Å². The van der Waals surface area contributed by atoms with Crippen molar-refractivity contribution in [3.63, 3.8) is 0 Å². The number of aromatic nitrogens is 3. The number of fused-ring (bicyclic) bond motifs is 1. The summed E-state index contributed by atoms with van der Waals surface area (Å²) >= 11 is 0. The van der Waals surface area contributed by atoms with Gasteiger partial charge in [0.15, 0.2) is 5.65 Å². The molecule has 0 bridgehead atoms. The van der Waals surface area contributed by atoms with E-state index in [4.69, 9.17) is 14.5 Å². The molecule has 0 radical (unpaired) electrons. The van der Waals surface area contributed by atoms with E-state index in [0.717, 1.165) is 46.6 Å². The van der Waals surface area contributed by atoms with Gasteiger partial charge in [0.25, 0.3) is 5.91 Å². The number of hydrogen-bond donors (Lipinski definition) is 1. The van der Waals surface area contributed by atoms with Gasteiger partial charge in [-0.25, -0.2) is 9.67 Å². The highest BCUT2D eigenvalue weighted by Crippen LogP contribution is 2.40. The number of carbonyl (C=O) groups excluding carboxylic acids is 1. The van der Waals surface area contributed by atoms with Crippen LogP contribution in [0.1, 0.15) is 51.8 Å². The summed E-state index contributed by atoms with van der Waals surface area (Å²) in [5.41, 5.74) is 4.36. The van der Waals surface area contributed by atoms with E-state index in [9.17, 15) is 4.79 Å². The summed E-state index contributed by atoms with van der Waals surface area (Å²) in [6, 6.07) is 15.8. The molecular formula is C23H22N4O2. The van der Waals surface area contributed by atoms with E-state index in [0.29, 0.717) is 24.6 Å². The zero-order chi connectivity index (χ0) is 19.8. The number of nitrogens with zero attached hydrogens (tertiary/aromatic N) is 3. The van der Waals surface area contributed by atoms with Crippen LogP contribution in [0.25, 0.3) is 11.0 Å². The van der Waals surface area contributed by atoms with Crippen LogP contribution in [0.5, 0.6) is 0 Å². The molecule has 29 heavy (non-hydrogen) atoms. The number of hydrogen-bond acceptors (Lipinski definition) is 4. The van der Waals surface area contributed by atoms with Gasteiger partial charge in [0.2, 0.25) is 0 Å². The fourth-order valence-electron chi connectivity index (χ4n) is 3.68. The predicted octanol–water partition coefficient (Wildman–Crippen LogP) is 4.19. The van der Waals surface area contributed by atoms with Crippen LogP contribution in [0.3, 0.4) is 0 Å². The Balaban J connectivity index is 1.54. The number of rotatable bonds is 6. The molecule has 3 aromatic heterocycles. The molecule has 0 saturated heterocycles. The predicted molar refractivity (Wildman–Crippen MR) is 110 cm³/mol. The van der Waals surface area contributed by atoms with Crippen LogP contribution in [0.4, 0.5) is 0 Å². The molecule has 1 aromatic carbocycles. The summed E-state index contributed by atoms with van der Waals surface area (Å²) < 4.78 is 7.24. The van der Waals surface area contributed by atoms with Crippen LogP contribution in [0.15, 0.2) is 59.2 Å². The summed E-state index contributed by atoms with van der Waals surface area (Å²) in [7, 11) is 0. The standard InChI is InChI=1S/C23H22N4O2/c1-15-21-19(23(28)24-13-18-8-5-11-29-18)12-20(17-9-10-17)25-22(21)27(26-15)14-16-6-3-2-4-7-16/h2-8,11-12,17H,9-10,13-14H2,1H3,(H,24,28). The van der Waals surface area contributed by atoms with E-state index in [-0.39, 0.29) is 5.91 Å². The lowest BCUT2D eigenvalue weighted by Gasteiger charge is -2.09. The van der Waals surface area contributed by atoms with Crippen molar-refractivity contribution in [3.8, 4) is 0 Å². The number of furan rings is 1. The quantitative estimate of drug-likeness (QED) is 0.539. The molecule has 0 unspecified atom stereocenters. The topological polar surface area (TPSA) is 73.0 Å². The molecule has 6 nitrogen and oxygen atoms in total. The number of benzene rings is 1. The Kier molecular flexibility index (Phi) is 4.39. The third-order valence-corrected chi connectivity index (χ3v) is 5.32. The second kappa shape index (κ2) is 7.20. The lowest BCUT2D eigenvalue weighted by Crippen LogP contribution is -2.23. The molecule has 1 amide bonds. The van der Waals surface area contributed by atoms with Gasteiger partial charge in [-0.1, -0.05) is 30.3 Å². The average molecular weight is 386 g/mol. The maximum atomic E-state index is 13.1. The Morgan fingerprint density at radius 2 is 2.03 bits per heavy atom. The van der Waals surface area contributed by atoms with E-state index in [2.05, 4.69) is 17.4 Å². The summed E-state index contributed by atoms with van der Waals surface area (Å²) in [5.74, 6) is 1.04. The Labute approximate surface area is 168 Å². The van der Waals surface area contributed by atoms with Crippen molar-refractivity contribution >= 4 is 16.9 Å². The fourth-order valence-corrected chi connectivity index (χ4v) is 3.68. The minimum atomic E-state index is -0.127. The van der Waals surface area contributed by atoms with Crippen molar-refractivity contribution < 1.29 is 9.21 Å². The number of pyridine rings is 1. The summed E-state index contributed by atoms with van der Waals surface area (Å²) in [6.07, 6.45) is 3.85. The van der Waals surface area contributed by atoms with Gasteiger partial charge in [-0.3, -0.25) is 4.79 Å². The lowest BCUT2D eigenvalue weighted by atomic mass is 10.1. The van der Waals surface area contributed by atoms with Crippen molar-refractivity contribution in [2.45, 2.75) is 38.8 Å². The van der Waals surface area contributed by atoms with Gasteiger partial charge in [-0.2, -0.15) is 5.10 Å². The summed E-state index contributed by atoms with van der Waals surface area (Å²) in [6.45, 7) is 2.91. The molecule has 3 heterocycles. The molecule has 4 aromatic rings. The molecule has 1 aliphatic carbocycles. The Hall–Kier alpha value is -3.41. The van der Waals surface area contributed by atoms with Crippen molar-refractivity contribution in [2.75, 3.05) is 0 Å². The van der Waals surface area contributed by atoms with Crippen LogP contribution >= 0.6 is 0 Å². The minimum absolute atomic E-state index is 0.127. The van der Waals surface area contributed by atoms with Crippen LogP contribution < -0.4 is 5.32 Å². The monoisotopic (exact) mass is 386 g/mol. The zero-order valence-electron chi connectivity index (χ0n) is 16.3. The largest absolute Gasteiger partial charge is 0.467 e. The van der Waals surface area contributed by atoms with Gasteiger partial charge in [0.05, 0.1) is 36.0 Å². The summed E-state index contributed by atoms with van der Waals surface area (Å²) in [5, 5.41) is 8.50. The van der Waals surface area contributed by atoms with Crippen molar-refractivity contribution in [1.29, 1.82) is 0 Å². The SMILES string of the molecule is Cc1nn(Cc2ccccc2)c2nc(C3CC3)cc(C(=O)NCc3ccco3)c12. The molecule has 1 saturated carbocycles. The van der Waals surface area contributed by atoms with E-state index in [1.807, 2.05) is 48.0 Å². The maximum absolute atomic E-state index is 13.1. The number of nitrogens with one attached hydrogen (secondary N) is 1. The smallest absolute Gasteiger partial charge is 0.252 e. The van der Waals surface area contributed by atoms with Gasteiger partial charge in [-0.15, -0.1) is 0 Å². The fraction of sp³-hybridized carbons (Fsp3) is 0.261. The van der Waals surface area contributed by atoms with Gasteiger partial charge in [0, 0.05) is 11.6 Å². The van der Waals surface area contributed by atoms with Gasteiger partial charge in [-0.05, 0) is 43.5 Å². The highest BCUT2D eigenvalue weighted by Gasteiger charge is 2.28. The molecule has 146 valence electrons.